The molecule has 1 unspecified atom stereocenters. The van der Waals surface area contributed by atoms with E-state index >= 15 is 0 Å². The number of hydrogen-bond donors (Lipinski definition) is 0. The van der Waals surface area contributed by atoms with E-state index in [1.807, 2.05) is 0 Å². The normalized spacial score (nSPS) is 3.60. The van der Waals surface area contributed by atoms with Crippen molar-refractivity contribution in [3.8, 4) is 0 Å². The number of rotatable bonds is 0. The first-order chi connectivity index (χ1) is 1.41. The van der Waals surface area contributed by atoms with Crippen LogP contribution in [0.25, 0.3) is 0 Å². The predicted molar refractivity (Wildman–Crippen MR) is 23.9 cm³/mol. The molecule has 0 rings (SSSR count). The van der Waals surface area contributed by atoms with Gasteiger partial charge in [0.05, 0.1) is 23.7 Å². The van der Waals surface area contributed by atoms with Crippen molar-refractivity contribution >= 4 is 33.6 Å². The number of hydrogen-bond acceptors (Lipinski definition) is 1. The van der Waals surface area contributed by atoms with Gasteiger partial charge in [0.1, 0.15) is 0 Å². The van der Waals surface area contributed by atoms with Gasteiger partial charge in [-0.2, -0.15) is 13.7 Å². The molecule has 0 aliphatic heterocycles. The second-order valence-corrected chi connectivity index (χ2v) is 0.525. The Hall–Kier alpha value is 2.16. The van der Waals surface area contributed by atoms with E-state index in [1.54, 1.807) is 0 Å². The standard InChI is InChI=1S/Cl2O.La.H3P/c1-3-2;;/h;;1H3. The first kappa shape index (κ1) is 15.7. The van der Waals surface area contributed by atoms with Gasteiger partial charge < -0.3 is 0 Å². The molecule has 0 aliphatic carbocycles. The third kappa shape index (κ3) is 22.8. The molecule has 0 amide bonds. The van der Waals surface area contributed by atoms with E-state index in [1.165, 1.54) is 0 Å². The minimum Gasteiger partial charge on any atom is -0.166 e. The van der Waals surface area contributed by atoms with Crippen molar-refractivity contribution in [2.75, 3.05) is 0 Å². The molecular weight excluding hydrogens is 257 g/mol. The van der Waals surface area contributed by atoms with Crippen LogP contribution in [-0.2, 0) is 3.84 Å². The molecule has 0 spiro atoms. The zero-order chi connectivity index (χ0) is 2.71. The minimum atomic E-state index is 0. The Bertz CT molecular complexity index is 9.61. The van der Waals surface area contributed by atoms with Crippen LogP contribution in [0, 0.1) is 35.6 Å². The zero-order valence-electron chi connectivity index (χ0n) is 2.45. The molecule has 5 heteroatoms. The average molecular weight is 260 g/mol. The van der Waals surface area contributed by atoms with Crippen LogP contribution >= 0.6 is 33.6 Å². The van der Waals surface area contributed by atoms with Crippen LogP contribution in [0.5, 0.6) is 0 Å². The molecule has 31 valence electrons. The van der Waals surface area contributed by atoms with Crippen molar-refractivity contribution < 1.29 is 39.4 Å². The SMILES string of the molecule is ClOCl.P.[La]. The molecule has 1 atom stereocenters. The summed E-state index contributed by atoms with van der Waals surface area (Å²) in [7, 11) is 0. The molecule has 0 heterocycles. The number of halogens is 2. The third-order valence-corrected chi connectivity index (χ3v) is 0. The zero-order valence-corrected chi connectivity index (χ0v) is 9.00. The van der Waals surface area contributed by atoms with Crippen LogP contribution in [0.1, 0.15) is 0 Å². The van der Waals surface area contributed by atoms with Gasteiger partial charge in [0.15, 0.2) is 0 Å². The Labute approximate surface area is 72.3 Å². The molecule has 0 aromatic rings. The van der Waals surface area contributed by atoms with Crippen LogP contribution in [0.15, 0.2) is 0 Å². The summed E-state index contributed by atoms with van der Waals surface area (Å²) in [5.41, 5.74) is 0. The Morgan fingerprint density at radius 1 is 1.20 bits per heavy atom. The molecule has 0 bridgehead atoms. The van der Waals surface area contributed by atoms with Crippen LogP contribution in [0.3, 0.4) is 0 Å². The smallest absolute Gasteiger partial charge is 0.0832 e. The van der Waals surface area contributed by atoms with Gasteiger partial charge in [-0.3, -0.25) is 0 Å². The summed E-state index contributed by atoms with van der Waals surface area (Å²) < 4.78 is 3.19. The van der Waals surface area contributed by atoms with Gasteiger partial charge >= 0.3 is 0 Å². The van der Waals surface area contributed by atoms with Gasteiger partial charge in [0.25, 0.3) is 0 Å². The molecular formula is H3Cl2LaOP. The summed E-state index contributed by atoms with van der Waals surface area (Å²) in [6, 6.07) is 0. The van der Waals surface area contributed by atoms with Crippen LogP contribution in [-0.4, -0.2) is 0 Å². The Morgan fingerprint density at radius 3 is 1.20 bits per heavy atom. The fraction of sp³-hybridized carbons (Fsp3) is 0. The van der Waals surface area contributed by atoms with Crippen molar-refractivity contribution in [2.45, 2.75) is 0 Å². The van der Waals surface area contributed by atoms with E-state index in [9.17, 15) is 0 Å². The summed E-state index contributed by atoms with van der Waals surface area (Å²) in [5, 5.41) is 0. The predicted octanol–water partition coefficient (Wildman–Crippen LogP) is 1.37. The second kappa shape index (κ2) is 16.4. The minimum absolute atomic E-state index is 0. The van der Waals surface area contributed by atoms with Crippen LogP contribution < -0.4 is 0 Å². The topological polar surface area (TPSA) is 9.23 Å². The average Bonchev–Trinajstić information content (AvgIpc) is 0.918. The van der Waals surface area contributed by atoms with E-state index in [-0.39, 0.29) is 45.5 Å². The fourth-order valence-electron chi connectivity index (χ4n) is 0. The molecule has 0 aliphatic rings. The van der Waals surface area contributed by atoms with Gasteiger partial charge in [0.2, 0.25) is 0 Å². The third-order valence-electron chi connectivity index (χ3n) is 0. The first-order valence-electron chi connectivity index (χ1n) is 0.309. The van der Waals surface area contributed by atoms with Gasteiger partial charge in [0, 0.05) is 35.6 Å². The first-order valence-corrected chi connectivity index (χ1v) is 0.926. The molecule has 5 heavy (non-hydrogen) atoms. The van der Waals surface area contributed by atoms with Crippen LogP contribution in [0.4, 0.5) is 0 Å². The molecule has 1 nitrogen and oxygen atoms in total. The second-order valence-electron chi connectivity index (χ2n) is 0.0583. The van der Waals surface area contributed by atoms with Gasteiger partial charge in [-0.05, 0) is 0 Å². The summed E-state index contributed by atoms with van der Waals surface area (Å²) >= 11 is 8.53. The Kier molecular flexibility index (Phi) is 51.5. The molecule has 1 radical (unpaired) electrons. The van der Waals surface area contributed by atoms with Crippen molar-refractivity contribution in [3.05, 3.63) is 0 Å². The van der Waals surface area contributed by atoms with E-state index in [0.717, 1.165) is 0 Å². The molecule has 0 fully saturated rings. The Balaban J connectivity index is -0.0000000200. The van der Waals surface area contributed by atoms with Crippen molar-refractivity contribution in [1.82, 2.24) is 0 Å². The maximum absolute atomic E-state index is 4.26. The van der Waals surface area contributed by atoms with Gasteiger partial charge in [-0.15, -0.1) is 0 Å². The van der Waals surface area contributed by atoms with E-state index < -0.39 is 0 Å². The molecule has 0 aromatic carbocycles. The summed E-state index contributed by atoms with van der Waals surface area (Å²) in [6.07, 6.45) is 0. The molecule has 0 aromatic heterocycles. The maximum Gasteiger partial charge on any atom is 0.0832 e. The Morgan fingerprint density at radius 2 is 1.20 bits per heavy atom. The molecule has 0 saturated heterocycles. The van der Waals surface area contributed by atoms with Gasteiger partial charge in [-0.25, -0.2) is 0 Å². The van der Waals surface area contributed by atoms with E-state index in [0.29, 0.717) is 0 Å². The summed E-state index contributed by atoms with van der Waals surface area (Å²) in [5.74, 6) is 0. The summed E-state index contributed by atoms with van der Waals surface area (Å²) in [4.78, 5) is 0. The van der Waals surface area contributed by atoms with Crippen LogP contribution in [0.2, 0.25) is 0 Å². The molecule has 0 saturated carbocycles. The summed E-state index contributed by atoms with van der Waals surface area (Å²) in [6.45, 7) is 0. The van der Waals surface area contributed by atoms with Crippen molar-refractivity contribution in [1.29, 1.82) is 0 Å². The van der Waals surface area contributed by atoms with Crippen molar-refractivity contribution in [2.24, 2.45) is 0 Å². The quantitative estimate of drug-likeness (QED) is 0.597. The molecule has 0 N–H and O–H groups in total. The largest absolute Gasteiger partial charge is 0.166 e. The maximum atomic E-state index is 4.26. The monoisotopic (exact) mass is 259 g/mol. The van der Waals surface area contributed by atoms with E-state index in [4.69, 9.17) is 0 Å². The van der Waals surface area contributed by atoms with E-state index in [2.05, 4.69) is 27.6 Å². The fourth-order valence-corrected chi connectivity index (χ4v) is 0. The van der Waals surface area contributed by atoms with Gasteiger partial charge in [-0.1, -0.05) is 0 Å². The van der Waals surface area contributed by atoms with Crippen molar-refractivity contribution in [3.63, 3.8) is 0 Å².